The van der Waals surface area contributed by atoms with Crippen molar-refractivity contribution in [1.29, 1.82) is 0 Å². The van der Waals surface area contributed by atoms with Gasteiger partial charge in [-0.3, -0.25) is 19.1 Å². The average molecular weight is 567 g/mol. The number of anilines is 1. The number of imidazole rings is 1. The van der Waals surface area contributed by atoms with Crippen LogP contribution in [0.25, 0.3) is 38.8 Å². The number of fused-ring (bicyclic) bond motifs is 3. The highest BCUT2D eigenvalue weighted by Crippen LogP contribution is 2.30. The van der Waals surface area contributed by atoms with Crippen LogP contribution >= 0.6 is 0 Å². The van der Waals surface area contributed by atoms with Gasteiger partial charge in [0.1, 0.15) is 0 Å². The number of pyridine rings is 2. The van der Waals surface area contributed by atoms with Gasteiger partial charge in [-0.2, -0.15) is 0 Å². The third-order valence-corrected chi connectivity index (χ3v) is 7.22. The molecule has 1 saturated heterocycles. The molecule has 1 aliphatic rings. The largest absolute Gasteiger partial charge is 0.478 e. The zero-order valence-electron chi connectivity index (χ0n) is 23.2. The van der Waals surface area contributed by atoms with Crippen LogP contribution in [0.4, 0.5) is 5.69 Å². The Morgan fingerprint density at radius 3 is 2.12 bits per heavy atom. The Bertz CT molecular complexity index is 1820. The highest BCUT2D eigenvalue weighted by molar-refractivity contribution is 6.04. The van der Waals surface area contributed by atoms with Crippen LogP contribution < -0.4 is 10.6 Å². The second kappa shape index (κ2) is 12.1. The highest BCUT2D eigenvalue weighted by atomic mass is 16.4. The molecule has 0 spiro atoms. The van der Waals surface area contributed by atoms with Gasteiger partial charge >= 0.3 is 17.6 Å². The second-order valence-electron chi connectivity index (χ2n) is 9.96. The first-order valence-corrected chi connectivity index (χ1v) is 13.3. The number of hydrogen-bond donors (Lipinski definition) is 2. The van der Waals surface area contributed by atoms with Gasteiger partial charge in [-0.05, 0) is 55.1 Å². The second-order valence-corrected chi connectivity index (χ2v) is 9.96. The average Bonchev–Trinajstić information content (AvgIpc) is 3.27. The number of aromatic nitrogens is 4. The molecule has 0 saturated carbocycles. The zero-order valence-corrected chi connectivity index (χ0v) is 23.2. The molecule has 0 radical (unpaired) electrons. The van der Waals surface area contributed by atoms with Crippen LogP contribution in [0.5, 0.6) is 0 Å². The molecular formula is C31H30N6O5. The lowest BCUT2D eigenvalue weighted by atomic mass is 10.0. The van der Waals surface area contributed by atoms with Gasteiger partial charge in [-0.1, -0.05) is 12.1 Å². The number of carboxylic acid groups (broad SMARTS) is 2. The van der Waals surface area contributed by atoms with Gasteiger partial charge in [-0.15, -0.1) is 0 Å². The molecule has 2 aromatic carbocycles. The molecule has 42 heavy (non-hydrogen) atoms. The number of carboxylic acids is 2. The van der Waals surface area contributed by atoms with Crippen LogP contribution in [-0.4, -0.2) is 79.4 Å². The number of benzene rings is 2. The van der Waals surface area contributed by atoms with Crippen LogP contribution in [0.1, 0.15) is 0 Å². The Morgan fingerprint density at radius 1 is 0.833 bits per heavy atom. The number of carbonyl (C=O) groups is 2. The Kier molecular flexibility index (Phi) is 8.12. The lowest BCUT2D eigenvalue weighted by Crippen LogP contribution is -2.44. The highest BCUT2D eigenvalue weighted by Gasteiger charge is 2.18. The van der Waals surface area contributed by atoms with E-state index in [0.29, 0.717) is 12.2 Å². The van der Waals surface area contributed by atoms with Crippen molar-refractivity contribution in [3.8, 4) is 16.8 Å². The monoisotopic (exact) mass is 566 g/mol. The molecule has 214 valence electrons. The third kappa shape index (κ3) is 5.91. The molecule has 4 heterocycles. The maximum Gasteiger partial charge on any atom is 0.333 e. The van der Waals surface area contributed by atoms with Crippen LogP contribution in [0.3, 0.4) is 0 Å². The van der Waals surface area contributed by atoms with Gasteiger partial charge in [0.25, 0.3) is 0 Å². The van der Waals surface area contributed by atoms with E-state index in [4.69, 9.17) is 10.2 Å². The topological polar surface area (TPSA) is 134 Å². The SMILES string of the molecule is CN1CCN(c2ccc(-n3c(=O)n(C)c4cnc5ccc(-c6cccnc6)cc5c43)cc2)CC1.O=C(O)C=CC(=O)O. The smallest absolute Gasteiger partial charge is 0.333 e. The molecule has 0 atom stereocenters. The number of piperazine rings is 1. The summed E-state index contributed by atoms with van der Waals surface area (Å²) >= 11 is 0. The maximum absolute atomic E-state index is 13.4. The molecule has 0 aliphatic carbocycles. The quantitative estimate of drug-likeness (QED) is 0.307. The molecule has 1 fully saturated rings. The van der Waals surface area contributed by atoms with E-state index in [1.807, 2.05) is 36.5 Å². The molecule has 11 nitrogen and oxygen atoms in total. The van der Waals surface area contributed by atoms with E-state index in [0.717, 1.165) is 64.9 Å². The van der Waals surface area contributed by atoms with Gasteiger partial charge in [-0.25, -0.2) is 14.4 Å². The first kappa shape index (κ1) is 28.2. The van der Waals surface area contributed by atoms with Crippen LogP contribution in [0.15, 0.2) is 90.1 Å². The van der Waals surface area contributed by atoms with Crippen molar-refractivity contribution < 1.29 is 19.8 Å². The van der Waals surface area contributed by atoms with Gasteiger partial charge in [0.05, 0.1) is 28.4 Å². The fourth-order valence-electron chi connectivity index (χ4n) is 4.97. The minimum Gasteiger partial charge on any atom is -0.478 e. The number of hydrogen-bond acceptors (Lipinski definition) is 7. The standard InChI is InChI=1S/C27H26N6O.C4H4O4/c1-30-12-14-32(15-13-30)21-6-8-22(9-7-21)33-26-23-16-19(20-4-3-11-28-17-20)5-10-24(23)29-18-25(26)31(2)27(33)34;5-3(6)1-2-4(7)8/h3-11,16-18H,12-15H2,1-2H3;1-2H,(H,5,6)(H,7,8). The molecular weight excluding hydrogens is 536 g/mol. The van der Waals surface area contributed by atoms with Crippen molar-refractivity contribution in [2.75, 3.05) is 38.1 Å². The number of nitrogens with zero attached hydrogens (tertiary/aromatic N) is 6. The van der Waals surface area contributed by atoms with E-state index < -0.39 is 11.9 Å². The third-order valence-electron chi connectivity index (χ3n) is 7.22. The number of rotatable bonds is 5. The number of aryl methyl sites for hydroxylation is 1. The summed E-state index contributed by atoms with van der Waals surface area (Å²) in [6.07, 6.45) is 6.53. The molecule has 0 amide bonds. The van der Waals surface area contributed by atoms with Crippen molar-refractivity contribution in [3.05, 3.63) is 95.8 Å². The predicted octanol–water partition coefficient (Wildman–Crippen LogP) is 3.40. The first-order valence-electron chi connectivity index (χ1n) is 13.3. The van der Waals surface area contributed by atoms with Gasteiger partial charge < -0.3 is 20.0 Å². The lowest BCUT2D eigenvalue weighted by Gasteiger charge is -2.34. The maximum atomic E-state index is 13.4. The van der Waals surface area contributed by atoms with Crippen molar-refractivity contribution >= 4 is 39.6 Å². The normalized spacial score (nSPS) is 13.8. The van der Waals surface area contributed by atoms with E-state index in [-0.39, 0.29) is 5.69 Å². The molecule has 2 N–H and O–H groups in total. The summed E-state index contributed by atoms with van der Waals surface area (Å²) < 4.78 is 3.48. The fourth-order valence-corrected chi connectivity index (χ4v) is 4.97. The van der Waals surface area contributed by atoms with E-state index in [9.17, 15) is 14.4 Å². The molecule has 0 unspecified atom stereocenters. The fraction of sp³-hybridized carbons (Fsp3) is 0.194. The molecule has 3 aromatic heterocycles. The summed E-state index contributed by atoms with van der Waals surface area (Å²) in [5.41, 5.74) is 6.57. The molecule has 5 aromatic rings. The summed E-state index contributed by atoms with van der Waals surface area (Å²) in [6.45, 7) is 4.14. The van der Waals surface area contributed by atoms with Crippen molar-refractivity contribution in [2.24, 2.45) is 7.05 Å². The van der Waals surface area contributed by atoms with Crippen LogP contribution in [-0.2, 0) is 16.6 Å². The molecule has 11 heteroatoms. The van der Waals surface area contributed by atoms with Crippen LogP contribution in [0.2, 0.25) is 0 Å². The van der Waals surface area contributed by atoms with Crippen LogP contribution in [0, 0.1) is 0 Å². The van der Waals surface area contributed by atoms with E-state index in [1.54, 1.807) is 28.6 Å². The Hall–Kier alpha value is -5.29. The van der Waals surface area contributed by atoms with Crippen molar-refractivity contribution in [3.63, 3.8) is 0 Å². The molecule has 0 bridgehead atoms. The number of likely N-dealkylation sites (N-methyl/N-ethyl adjacent to an activating group) is 1. The summed E-state index contributed by atoms with van der Waals surface area (Å²) in [4.78, 5) is 46.1. The summed E-state index contributed by atoms with van der Waals surface area (Å²) in [7, 11) is 3.96. The van der Waals surface area contributed by atoms with E-state index >= 15 is 0 Å². The lowest BCUT2D eigenvalue weighted by molar-refractivity contribution is -0.134. The Morgan fingerprint density at radius 2 is 1.50 bits per heavy atom. The first-order chi connectivity index (χ1) is 20.2. The van der Waals surface area contributed by atoms with E-state index in [2.05, 4.69) is 51.1 Å². The predicted molar refractivity (Wildman–Crippen MR) is 161 cm³/mol. The van der Waals surface area contributed by atoms with Gasteiger partial charge in [0.15, 0.2) is 0 Å². The Labute approximate surface area is 241 Å². The van der Waals surface area contributed by atoms with Gasteiger partial charge in [0.2, 0.25) is 0 Å². The molecule has 6 rings (SSSR count). The summed E-state index contributed by atoms with van der Waals surface area (Å²) in [5.74, 6) is -2.51. The number of aliphatic carboxylic acids is 2. The molecule has 1 aliphatic heterocycles. The zero-order chi connectivity index (χ0) is 29.8. The summed E-state index contributed by atoms with van der Waals surface area (Å²) in [6, 6.07) is 18.5. The minimum atomic E-state index is -1.26. The van der Waals surface area contributed by atoms with Crippen molar-refractivity contribution in [2.45, 2.75) is 0 Å². The van der Waals surface area contributed by atoms with Gasteiger partial charge in [0, 0.05) is 74.4 Å². The summed E-state index contributed by atoms with van der Waals surface area (Å²) in [5, 5.41) is 16.6. The minimum absolute atomic E-state index is 0.0802. The Balaban J connectivity index is 0.000000390. The van der Waals surface area contributed by atoms with E-state index in [1.165, 1.54) is 5.69 Å². The van der Waals surface area contributed by atoms with Crippen molar-refractivity contribution in [1.82, 2.24) is 24.0 Å².